The molecule has 0 aromatic heterocycles. The van der Waals surface area contributed by atoms with Crippen molar-refractivity contribution in [2.45, 2.75) is 12.5 Å². The molecule has 0 heterocycles. The van der Waals surface area contributed by atoms with Crippen LogP contribution in [-0.4, -0.2) is 11.7 Å². The molecule has 80 valence electrons. The van der Waals surface area contributed by atoms with Gasteiger partial charge in [-0.3, -0.25) is 0 Å². The molecule has 1 unspecified atom stereocenters. The second-order valence-corrected chi connectivity index (χ2v) is 3.58. The van der Waals surface area contributed by atoms with Gasteiger partial charge in [0.05, 0.1) is 16.1 Å². The Morgan fingerprint density at radius 2 is 1.93 bits per heavy atom. The van der Waals surface area contributed by atoms with Gasteiger partial charge in [-0.05, 0) is 30.7 Å². The minimum Gasteiger partial charge on any atom is -0.388 e. The van der Waals surface area contributed by atoms with E-state index in [0.29, 0.717) is 23.0 Å². The van der Waals surface area contributed by atoms with E-state index in [0.717, 1.165) is 5.56 Å². The van der Waals surface area contributed by atoms with Crippen molar-refractivity contribution < 1.29 is 5.11 Å². The van der Waals surface area contributed by atoms with E-state index < -0.39 is 6.10 Å². The van der Waals surface area contributed by atoms with Crippen LogP contribution in [0, 0.1) is 0 Å². The van der Waals surface area contributed by atoms with Gasteiger partial charge in [-0.15, -0.1) is 12.4 Å². The van der Waals surface area contributed by atoms with E-state index in [1.165, 1.54) is 0 Å². The molecule has 0 fully saturated rings. The molecule has 1 aromatic carbocycles. The summed E-state index contributed by atoms with van der Waals surface area (Å²) in [5.74, 6) is 0. The maximum atomic E-state index is 9.55. The van der Waals surface area contributed by atoms with Crippen LogP contribution in [0.25, 0.3) is 0 Å². The van der Waals surface area contributed by atoms with Crippen molar-refractivity contribution in [3.05, 3.63) is 33.8 Å². The fraction of sp³-hybridized carbons (Fsp3) is 0.333. The van der Waals surface area contributed by atoms with Crippen LogP contribution >= 0.6 is 35.6 Å². The predicted molar refractivity (Wildman–Crippen MR) is 62.3 cm³/mol. The van der Waals surface area contributed by atoms with Crippen molar-refractivity contribution in [3.63, 3.8) is 0 Å². The quantitative estimate of drug-likeness (QED) is 0.873. The highest BCUT2D eigenvalue weighted by atomic mass is 35.5. The summed E-state index contributed by atoms with van der Waals surface area (Å²) >= 11 is 11.5. The molecule has 0 saturated heterocycles. The molecule has 5 heteroatoms. The molecule has 0 radical (unpaired) electrons. The van der Waals surface area contributed by atoms with Crippen molar-refractivity contribution in [1.82, 2.24) is 0 Å². The van der Waals surface area contributed by atoms with E-state index in [9.17, 15) is 5.11 Å². The summed E-state index contributed by atoms with van der Waals surface area (Å²) in [6.07, 6.45) is -0.0300. The van der Waals surface area contributed by atoms with Crippen LogP contribution in [0.2, 0.25) is 10.0 Å². The largest absolute Gasteiger partial charge is 0.388 e. The van der Waals surface area contributed by atoms with Crippen molar-refractivity contribution in [3.8, 4) is 0 Å². The topological polar surface area (TPSA) is 46.2 Å². The molecule has 0 amide bonds. The highest BCUT2D eigenvalue weighted by Gasteiger charge is 2.07. The van der Waals surface area contributed by atoms with Gasteiger partial charge in [0.25, 0.3) is 0 Å². The van der Waals surface area contributed by atoms with E-state index in [4.69, 9.17) is 28.9 Å². The molecule has 0 aliphatic carbocycles. The van der Waals surface area contributed by atoms with Crippen LogP contribution in [0.5, 0.6) is 0 Å². The smallest absolute Gasteiger partial charge is 0.0802 e. The lowest BCUT2D eigenvalue weighted by Crippen LogP contribution is -2.06. The average Bonchev–Trinajstić information content (AvgIpc) is 2.10. The molecule has 0 bridgehead atoms. The SMILES string of the molecule is Cl.NCCC(O)c1ccc(Cl)c(Cl)c1. The van der Waals surface area contributed by atoms with Crippen molar-refractivity contribution in [2.75, 3.05) is 6.54 Å². The Balaban J connectivity index is 0.00000169. The van der Waals surface area contributed by atoms with E-state index in [1.807, 2.05) is 0 Å². The third kappa shape index (κ3) is 3.64. The lowest BCUT2D eigenvalue weighted by Gasteiger charge is -2.09. The Labute approximate surface area is 99.4 Å². The number of rotatable bonds is 3. The average molecular weight is 257 g/mol. The molecule has 14 heavy (non-hydrogen) atoms. The van der Waals surface area contributed by atoms with E-state index in [-0.39, 0.29) is 12.4 Å². The summed E-state index contributed by atoms with van der Waals surface area (Å²) < 4.78 is 0. The molecule has 1 aromatic rings. The van der Waals surface area contributed by atoms with Gasteiger partial charge in [0, 0.05) is 0 Å². The maximum absolute atomic E-state index is 9.55. The third-order valence-electron chi connectivity index (χ3n) is 1.77. The molecular weight excluding hydrogens is 244 g/mol. The minimum atomic E-state index is -0.556. The van der Waals surface area contributed by atoms with Gasteiger partial charge in [0.15, 0.2) is 0 Å². The zero-order valence-corrected chi connectivity index (χ0v) is 9.74. The Bertz CT molecular complexity index is 293. The summed E-state index contributed by atoms with van der Waals surface area (Å²) in [6.45, 7) is 0.446. The van der Waals surface area contributed by atoms with E-state index >= 15 is 0 Å². The van der Waals surface area contributed by atoms with Crippen molar-refractivity contribution in [2.24, 2.45) is 5.73 Å². The Hall–Kier alpha value is 0.01000. The van der Waals surface area contributed by atoms with Crippen LogP contribution in [0.1, 0.15) is 18.1 Å². The number of aliphatic hydroxyl groups excluding tert-OH is 1. The van der Waals surface area contributed by atoms with Crippen molar-refractivity contribution in [1.29, 1.82) is 0 Å². The molecule has 0 aliphatic rings. The monoisotopic (exact) mass is 255 g/mol. The number of hydrogen-bond donors (Lipinski definition) is 2. The Morgan fingerprint density at radius 3 is 2.43 bits per heavy atom. The van der Waals surface area contributed by atoms with Gasteiger partial charge in [-0.2, -0.15) is 0 Å². The Kier molecular flexibility index (Phi) is 6.49. The zero-order valence-electron chi connectivity index (χ0n) is 7.41. The van der Waals surface area contributed by atoms with Crippen LogP contribution in [0.4, 0.5) is 0 Å². The summed E-state index contributed by atoms with van der Waals surface area (Å²) in [7, 11) is 0. The van der Waals surface area contributed by atoms with Gasteiger partial charge in [-0.25, -0.2) is 0 Å². The normalized spacial score (nSPS) is 12.0. The van der Waals surface area contributed by atoms with Gasteiger partial charge >= 0.3 is 0 Å². The number of nitrogens with two attached hydrogens (primary N) is 1. The summed E-state index contributed by atoms with van der Waals surface area (Å²) in [4.78, 5) is 0. The number of benzene rings is 1. The number of halogens is 3. The van der Waals surface area contributed by atoms with Gasteiger partial charge in [0.1, 0.15) is 0 Å². The number of aliphatic hydroxyl groups is 1. The van der Waals surface area contributed by atoms with Crippen LogP contribution in [0.15, 0.2) is 18.2 Å². The van der Waals surface area contributed by atoms with Crippen LogP contribution in [0.3, 0.4) is 0 Å². The molecule has 2 nitrogen and oxygen atoms in total. The fourth-order valence-corrected chi connectivity index (χ4v) is 1.35. The molecule has 1 atom stereocenters. The first-order valence-corrected chi connectivity index (χ1v) is 4.74. The molecule has 0 saturated carbocycles. The predicted octanol–water partition coefficient (Wildman–Crippen LogP) is 2.80. The third-order valence-corrected chi connectivity index (χ3v) is 2.51. The van der Waals surface area contributed by atoms with Crippen molar-refractivity contribution >= 4 is 35.6 Å². The lowest BCUT2D eigenvalue weighted by atomic mass is 10.1. The molecule has 0 spiro atoms. The molecular formula is C9H12Cl3NO. The van der Waals surface area contributed by atoms with E-state index in [2.05, 4.69) is 0 Å². The minimum absolute atomic E-state index is 0. The number of hydrogen-bond acceptors (Lipinski definition) is 2. The standard InChI is InChI=1S/C9H11Cl2NO.ClH/c10-7-2-1-6(5-8(7)11)9(13)3-4-12;/h1-2,5,9,13H,3-4,12H2;1H. The first-order chi connectivity index (χ1) is 6.15. The summed E-state index contributed by atoms with van der Waals surface area (Å²) in [6, 6.07) is 5.07. The van der Waals surface area contributed by atoms with Gasteiger partial charge in [0.2, 0.25) is 0 Å². The second-order valence-electron chi connectivity index (χ2n) is 2.77. The van der Waals surface area contributed by atoms with E-state index in [1.54, 1.807) is 18.2 Å². The zero-order chi connectivity index (χ0) is 9.84. The molecule has 0 aliphatic heterocycles. The molecule has 3 N–H and O–H groups in total. The summed E-state index contributed by atoms with van der Waals surface area (Å²) in [5.41, 5.74) is 6.07. The lowest BCUT2D eigenvalue weighted by molar-refractivity contribution is 0.170. The Morgan fingerprint density at radius 1 is 1.29 bits per heavy atom. The van der Waals surface area contributed by atoms with Crippen LogP contribution < -0.4 is 5.73 Å². The van der Waals surface area contributed by atoms with Gasteiger partial charge < -0.3 is 10.8 Å². The second kappa shape index (κ2) is 6.49. The maximum Gasteiger partial charge on any atom is 0.0802 e. The van der Waals surface area contributed by atoms with Gasteiger partial charge in [-0.1, -0.05) is 29.3 Å². The molecule has 1 rings (SSSR count). The highest BCUT2D eigenvalue weighted by Crippen LogP contribution is 2.26. The first kappa shape index (κ1) is 14.0. The van der Waals surface area contributed by atoms with Crippen LogP contribution in [-0.2, 0) is 0 Å². The fourth-order valence-electron chi connectivity index (χ4n) is 1.04. The highest BCUT2D eigenvalue weighted by molar-refractivity contribution is 6.42. The summed E-state index contributed by atoms with van der Waals surface area (Å²) in [5, 5.41) is 10.5. The first-order valence-electron chi connectivity index (χ1n) is 3.98.